The Kier molecular flexibility index (Phi) is 4.82. The molecular weight excluding hydrogens is 219 g/mol. The molecule has 0 bridgehead atoms. The first kappa shape index (κ1) is 12.1. The van der Waals surface area contributed by atoms with Crippen LogP contribution in [0.5, 0.6) is 0 Å². The molecule has 1 unspecified atom stereocenters. The molecule has 0 amide bonds. The van der Waals surface area contributed by atoms with Crippen molar-refractivity contribution >= 4 is 34.8 Å². The average Bonchev–Trinajstić information content (AvgIpc) is 1.81. The second-order valence-electron chi connectivity index (χ2n) is 1.76. The van der Waals surface area contributed by atoms with Gasteiger partial charge in [-0.05, 0) is 6.08 Å². The first-order valence-electron chi connectivity index (χ1n) is 2.43. The number of dihydropyridines is 1. The molecule has 0 saturated carbocycles. The van der Waals surface area contributed by atoms with Gasteiger partial charge in [0.15, 0.2) is 0 Å². The summed E-state index contributed by atoms with van der Waals surface area (Å²) in [6, 6.07) is 0. The molecular formula is C5H3Cl3NNaO. The minimum Gasteiger partial charge on any atom is -0.817 e. The number of allylic oxidation sites excluding steroid dienone is 2. The van der Waals surface area contributed by atoms with Crippen molar-refractivity contribution in [3.63, 3.8) is 0 Å². The van der Waals surface area contributed by atoms with Crippen molar-refractivity contribution < 1.29 is 34.7 Å². The number of rotatable bonds is 0. The van der Waals surface area contributed by atoms with Crippen LogP contribution in [0.25, 0.3) is 0 Å². The molecule has 0 spiro atoms. The van der Waals surface area contributed by atoms with Gasteiger partial charge in [-0.15, -0.1) is 11.6 Å². The largest absolute Gasteiger partial charge is 1.00 e. The molecule has 1 heterocycles. The van der Waals surface area contributed by atoms with Crippen molar-refractivity contribution in [2.45, 2.75) is 5.18 Å². The fourth-order valence-corrected chi connectivity index (χ4v) is 0.987. The molecule has 0 radical (unpaired) electrons. The van der Waals surface area contributed by atoms with Crippen LogP contribution in [0.1, 0.15) is 0 Å². The second kappa shape index (κ2) is 4.38. The van der Waals surface area contributed by atoms with Crippen LogP contribution in [-0.2, 0) is 0 Å². The van der Waals surface area contributed by atoms with Crippen molar-refractivity contribution in [3.8, 4) is 0 Å². The number of hydrogen-bond acceptors (Lipinski definition) is 2. The quantitative estimate of drug-likeness (QED) is 0.294. The van der Waals surface area contributed by atoms with Gasteiger partial charge >= 0.3 is 29.6 Å². The Labute approximate surface area is 101 Å². The summed E-state index contributed by atoms with van der Waals surface area (Å²) in [5, 5.41) is 11.6. The normalized spacial score (nSPS) is 29.5. The Hall–Kier alpha value is 1.11. The first-order valence-corrected chi connectivity index (χ1v) is 3.56. The van der Waals surface area contributed by atoms with E-state index in [4.69, 9.17) is 34.8 Å². The SMILES string of the molecule is [Na+].[O-]C1(Cl)NC=C(Cl)C=C1Cl. The number of hydrogen-bond donors (Lipinski definition) is 1. The van der Waals surface area contributed by atoms with Crippen LogP contribution in [-0.4, -0.2) is 5.18 Å². The van der Waals surface area contributed by atoms with E-state index < -0.39 is 5.18 Å². The monoisotopic (exact) mass is 221 g/mol. The molecule has 1 aliphatic rings. The van der Waals surface area contributed by atoms with E-state index >= 15 is 0 Å². The molecule has 0 aromatic heterocycles. The Balaban J connectivity index is 0.000001000. The maximum absolute atomic E-state index is 11.0. The predicted octanol–water partition coefficient (Wildman–Crippen LogP) is -1.95. The van der Waals surface area contributed by atoms with Gasteiger partial charge in [0, 0.05) is 11.2 Å². The van der Waals surface area contributed by atoms with Gasteiger partial charge in [0.2, 0.25) is 0 Å². The van der Waals surface area contributed by atoms with Crippen molar-refractivity contribution in [2.75, 3.05) is 0 Å². The van der Waals surface area contributed by atoms with Crippen LogP contribution in [0.4, 0.5) is 0 Å². The van der Waals surface area contributed by atoms with Gasteiger partial charge < -0.3 is 10.4 Å². The van der Waals surface area contributed by atoms with Crippen molar-refractivity contribution in [1.82, 2.24) is 5.32 Å². The van der Waals surface area contributed by atoms with Crippen LogP contribution in [0, 0.1) is 0 Å². The zero-order valence-corrected chi connectivity index (χ0v) is 9.96. The van der Waals surface area contributed by atoms with Gasteiger partial charge in [-0.25, -0.2) is 0 Å². The molecule has 0 fully saturated rings. The van der Waals surface area contributed by atoms with E-state index in [0.717, 1.165) is 0 Å². The number of nitrogens with one attached hydrogen (secondary N) is 1. The molecule has 0 aliphatic carbocycles. The summed E-state index contributed by atoms with van der Waals surface area (Å²) in [5.41, 5.74) is 0. The molecule has 1 rings (SSSR count). The minimum absolute atomic E-state index is 0. The third-order valence-corrected chi connectivity index (χ3v) is 1.97. The second-order valence-corrected chi connectivity index (χ2v) is 3.14. The van der Waals surface area contributed by atoms with Crippen LogP contribution >= 0.6 is 34.8 Å². The van der Waals surface area contributed by atoms with Gasteiger partial charge in [0.25, 0.3) is 0 Å². The van der Waals surface area contributed by atoms with Gasteiger partial charge in [-0.2, -0.15) is 0 Å². The fraction of sp³-hybridized carbons (Fsp3) is 0.200. The molecule has 2 nitrogen and oxygen atoms in total. The summed E-state index contributed by atoms with van der Waals surface area (Å²) in [5.74, 6) is 0. The summed E-state index contributed by atoms with van der Waals surface area (Å²) in [6.45, 7) is 0. The Morgan fingerprint density at radius 3 is 2.36 bits per heavy atom. The van der Waals surface area contributed by atoms with Crippen LogP contribution < -0.4 is 40.0 Å². The molecule has 1 atom stereocenters. The summed E-state index contributed by atoms with van der Waals surface area (Å²) in [6.07, 6.45) is 2.60. The van der Waals surface area contributed by atoms with Crippen LogP contribution in [0.15, 0.2) is 22.3 Å². The summed E-state index contributed by atoms with van der Waals surface area (Å²) < 4.78 is 0. The number of alkyl halides is 1. The molecule has 56 valence electrons. The minimum atomic E-state index is -1.94. The van der Waals surface area contributed by atoms with Gasteiger partial charge in [-0.1, -0.05) is 23.2 Å². The van der Waals surface area contributed by atoms with E-state index in [1.165, 1.54) is 12.3 Å². The maximum atomic E-state index is 11.0. The van der Waals surface area contributed by atoms with Gasteiger partial charge in [0.05, 0.1) is 10.2 Å². The third-order valence-electron chi connectivity index (χ3n) is 0.968. The average molecular weight is 222 g/mol. The molecule has 0 aromatic carbocycles. The van der Waals surface area contributed by atoms with E-state index in [1.807, 2.05) is 0 Å². The van der Waals surface area contributed by atoms with Crippen molar-refractivity contribution in [3.05, 3.63) is 22.3 Å². The molecule has 1 N–H and O–H groups in total. The zero-order chi connectivity index (χ0) is 7.78. The van der Waals surface area contributed by atoms with Crippen molar-refractivity contribution in [2.24, 2.45) is 0 Å². The van der Waals surface area contributed by atoms with Crippen molar-refractivity contribution in [1.29, 1.82) is 0 Å². The Bertz CT molecular complexity index is 214. The molecule has 11 heavy (non-hydrogen) atoms. The van der Waals surface area contributed by atoms with E-state index in [0.29, 0.717) is 5.03 Å². The fourth-order valence-electron chi connectivity index (χ4n) is 0.486. The summed E-state index contributed by atoms with van der Waals surface area (Å²) in [7, 11) is 0. The van der Waals surface area contributed by atoms with E-state index in [9.17, 15) is 5.11 Å². The maximum Gasteiger partial charge on any atom is 1.00 e. The molecule has 1 aliphatic heterocycles. The smallest absolute Gasteiger partial charge is 0.817 e. The number of halogens is 3. The summed E-state index contributed by atoms with van der Waals surface area (Å²) >= 11 is 16.2. The third kappa shape index (κ3) is 3.15. The van der Waals surface area contributed by atoms with Gasteiger partial charge in [0.1, 0.15) is 0 Å². The van der Waals surface area contributed by atoms with Crippen LogP contribution in [0.3, 0.4) is 0 Å². The molecule has 0 aromatic rings. The summed E-state index contributed by atoms with van der Waals surface area (Å²) in [4.78, 5) is 0. The van der Waals surface area contributed by atoms with Gasteiger partial charge in [-0.3, -0.25) is 0 Å². The topological polar surface area (TPSA) is 35.1 Å². The predicted molar refractivity (Wildman–Crippen MR) is 39.6 cm³/mol. The molecule has 0 saturated heterocycles. The Morgan fingerprint density at radius 1 is 1.45 bits per heavy atom. The van der Waals surface area contributed by atoms with Crippen LogP contribution in [0.2, 0.25) is 0 Å². The molecule has 6 heteroatoms. The van der Waals surface area contributed by atoms with E-state index in [2.05, 4.69) is 5.32 Å². The zero-order valence-electron chi connectivity index (χ0n) is 5.70. The van der Waals surface area contributed by atoms with E-state index in [-0.39, 0.29) is 34.6 Å². The first-order chi connectivity index (χ1) is 4.52. The Morgan fingerprint density at radius 2 is 2.00 bits per heavy atom. The standard InChI is InChI=1S/C5H3Cl3NO.Na/c6-3-1-4(7)5(8,10)9-2-3;/h1-2,9H;/q-1;+1. The van der Waals surface area contributed by atoms with E-state index in [1.54, 1.807) is 0 Å².